The zero-order valence-electron chi connectivity index (χ0n) is 10.8. The molecule has 3 nitrogen and oxygen atoms in total. The Balaban J connectivity index is 1.75. The maximum absolute atomic E-state index is 8.73. The van der Waals surface area contributed by atoms with Crippen molar-refractivity contribution in [2.45, 2.75) is 32.2 Å². The number of nitrogens with zero attached hydrogens (tertiary/aromatic N) is 1. The molecule has 2 aromatic rings. The average molecular weight is 252 g/mol. The number of nitriles is 1. The SMILES string of the molecule is N#Cc1ccc(CNc2cccc3c2CCCC3)o1. The van der Waals surface area contributed by atoms with Crippen LogP contribution in [-0.2, 0) is 19.4 Å². The molecule has 1 N–H and O–H groups in total. The highest BCUT2D eigenvalue weighted by Gasteiger charge is 2.12. The Hall–Kier alpha value is -2.21. The first-order chi connectivity index (χ1) is 9.36. The lowest BCUT2D eigenvalue weighted by atomic mass is 9.90. The number of hydrogen-bond donors (Lipinski definition) is 1. The van der Waals surface area contributed by atoms with E-state index in [1.165, 1.54) is 36.1 Å². The number of benzene rings is 1. The molecule has 0 unspecified atom stereocenters. The van der Waals surface area contributed by atoms with Crippen molar-refractivity contribution in [2.75, 3.05) is 5.32 Å². The van der Waals surface area contributed by atoms with E-state index in [1.54, 1.807) is 6.07 Å². The molecule has 0 saturated carbocycles. The van der Waals surface area contributed by atoms with Crippen LogP contribution in [0.4, 0.5) is 5.69 Å². The molecule has 1 aromatic heterocycles. The Morgan fingerprint density at radius 2 is 2.05 bits per heavy atom. The van der Waals surface area contributed by atoms with Gasteiger partial charge in [-0.3, -0.25) is 0 Å². The van der Waals surface area contributed by atoms with Gasteiger partial charge in [0.1, 0.15) is 11.8 Å². The number of fused-ring (bicyclic) bond motifs is 1. The van der Waals surface area contributed by atoms with Gasteiger partial charge in [0.15, 0.2) is 0 Å². The molecule has 1 aliphatic rings. The van der Waals surface area contributed by atoms with Gasteiger partial charge in [-0.2, -0.15) is 5.26 Å². The minimum atomic E-state index is 0.367. The monoisotopic (exact) mass is 252 g/mol. The number of anilines is 1. The molecular weight excluding hydrogens is 236 g/mol. The first kappa shape index (κ1) is 11.9. The van der Waals surface area contributed by atoms with E-state index in [0.29, 0.717) is 12.3 Å². The van der Waals surface area contributed by atoms with Crippen molar-refractivity contribution in [1.82, 2.24) is 0 Å². The van der Waals surface area contributed by atoms with Crippen molar-refractivity contribution in [3.8, 4) is 6.07 Å². The zero-order valence-corrected chi connectivity index (χ0v) is 10.8. The van der Waals surface area contributed by atoms with Crippen molar-refractivity contribution in [3.05, 3.63) is 53.0 Å². The lowest BCUT2D eigenvalue weighted by Gasteiger charge is -2.19. The second-order valence-corrected chi connectivity index (χ2v) is 4.88. The predicted octanol–water partition coefficient (Wildman–Crippen LogP) is 3.64. The highest BCUT2D eigenvalue weighted by atomic mass is 16.3. The van der Waals surface area contributed by atoms with E-state index in [9.17, 15) is 0 Å². The van der Waals surface area contributed by atoms with Crippen LogP contribution in [0.2, 0.25) is 0 Å². The summed E-state index contributed by atoms with van der Waals surface area (Å²) in [5, 5.41) is 12.2. The third-order valence-corrected chi connectivity index (χ3v) is 3.62. The van der Waals surface area contributed by atoms with Crippen LogP contribution in [-0.4, -0.2) is 0 Å². The molecule has 3 rings (SSSR count). The molecule has 0 atom stereocenters. The smallest absolute Gasteiger partial charge is 0.203 e. The fourth-order valence-corrected chi connectivity index (χ4v) is 2.66. The van der Waals surface area contributed by atoms with Gasteiger partial charge in [-0.25, -0.2) is 0 Å². The first-order valence-electron chi connectivity index (χ1n) is 6.70. The molecule has 0 aliphatic heterocycles. The Labute approximate surface area is 112 Å². The van der Waals surface area contributed by atoms with E-state index in [2.05, 4.69) is 23.5 Å². The van der Waals surface area contributed by atoms with Crippen LogP contribution in [0, 0.1) is 11.3 Å². The third-order valence-electron chi connectivity index (χ3n) is 3.62. The highest BCUT2D eigenvalue weighted by molar-refractivity contribution is 5.55. The van der Waals surface area contributed by atoms with Gasteiger partial charge >= 0.3 is 0 Å². The molecule has 0 amide bonds. The molecule has 0 saturated heterocycles. The van der Waals surface area contributed by atoms with E-state index in [-0.39, 0.29) is 0 Å². The number of aryl methyl sites for hydroxylation is 1. The van der Waals surface area contributed by atoms with Crippen LogP contribution >= 0.6 is 0 Å². The van der Waals surface area contributed by atoms with Crippen molar-refractivity contribution < 1.29 is 4.42 Å². The molecule has 1 heterocycles. The maximum atomic E-state index is 8.73. The summed E-state index contributed by atoms with van der Waals surface area (Å²) >= 11 is 0. The first-order valence-corrected chi connectivity index (χ1v) is 6.70. The summed E-state index contributed by atoms with van der Waals surface area (Å²) in [7, 11) is 0. The summed E-state index contributed by atoms with van der Waals surface area (Å²) in [6.07, 6.45) is 4.90. The second kappa shape index (κ2) is 5.19. The van der Waals surface area contributed by atoms with Crippen LogP contribution < -0.4 is 5.32 Å². The summed E-state index contributed by atoms with van der Waals surface area (Å²) in [5.74, 6) is 1.16. The van der Waals surface area contributed by atoms with Gasteiger partial charge in [0.2, 0.25) is 5.76 Å². The van der Waals surface area contributed by atoms with Gasteiger partial charge in [0.25, 0.3) is 0 Å². The van der Waals surface area contributed by atoms with Crippen molar-refractivity contribution in [3.63, 3.8) is 0 Å². The van der Waals surface area contributed by atoms with Crippen LogP contribution in [0.1, 0.15) is 35.5 Å². The molecule has 96 valence electrons. The Kier molecular flexibility index (Phi) is 3.24. The van der Waals surface area contributed by atoms with Crippen molar-refractivity contribution in [1.29, 1.82) is 5.26 Å². The molecule has 0 fully saturated rings. The molecule has 1 aliphatic carbocycles. The number of hydrogen-bond acceptors (Lipinski definition) is 3. The van der Waals surface area contributed by atoms with E-state index in [1.807, 2.05) is 12.1 Å². The third kappa shape index (κ3) is 2.48. The predicted molar refractivity (Wildman–Crippen MR) is 73.8 cm³/mol. The number of furan rings is 1. The molecule has 3 heteroatoms. The maximum Gasteiger partial charge on any atom is 0.203 e. The fraction of sp³-hybridized carbons (Fsp3) is 0.312. The second-order valence-electron chi connectivity index (χ2n) is 4.88. The highest BCUT2D eigenvalue weighted by Crippen LogP contribution is 2.28. The molecule has 1 aromatic carbocycles. The topological polar surface area (TPSA) is 49.0 Å². The van der Waals surface area contributed by atoms with Crippen LogP contribution in [0.3, 0.4) is 0 Å². The number of rotatable bonds is 3. The lowest BCUT2D eigenvalue weighted by Crippen LogP contribution is -2.08. The van der Waals surface area contributed by atoms with E-state index >= 15 is 0 Å². The largest absolute Gasteiger partial charge is 0.449 e. The summed E-state index contributed by atoms with van der Waals surface area (Å²) in [6.45, 7) is 0.623. The van der Waals surface area contributed by atoms with Gasteiger partial charge < -0.3 is 9.73 Å². The van der Waals surface area contributed by atoms with E-state index in [0.717, 1.165) is 12.2 Å². The fourth-order valence-electron chi connectivity index (χ4n) is 2.66. The van der Waals surface area contributed by atoms with Gasteiger partial charge in [-0.05, 0) is 55.0 Å². The molecule has 19 heavy (non-hydrogen) atoms. The summed E-state index contributed by atoms with van der Waals surface area (Å²) in [4.78, 5) is 0. The van der Waals surface area contributed by atoms with Crippen LogP contribution in [0.15, 0.2) is 34.7 Å². The van der Waals surface area contributed by atoms with Crippen LogP contribution in [0.25, 0.3) is 0 Å². The standard InChI is InChI=1S/C16H16N2O/c17-10-13-8-9-14(19-13)11-18-16-7-3-5-12-4-1-2-6-15(12)16/h3,5,7-9,18H,1-2,4,6,11H2. The summed E-state index contributed by atoms with van der Waals surface area (Å²) in [6, 6.07) is 12.0. The minimum Gasteiger partial charge on any atom is -0.449 e. The summed E-state index contributed by atoms with van der Waals surface area (Å²) < 4.78 is 5.37. The Morgan fingerprint density at radius 3 is 2.89 bits per heavy atom. The normalized spacial score (nSPS) is 13.6. The van der Waals surface area contributed by atoms with Gasteiger partial charge in [0.05, 0.1) is 6.54 Å². The molecule has 0 spiro atoms. The quantitative estimate of drug-likeness (QED) is 0.907. The minimum absolute atomic E-state index is 0.367. The molecule has 0 radical (unpaired) electrons. The Morgan fingerprint density at radius 1 is 1.16 bits per heavy atom. The number of nitrogens with one attached hydrogen (secondary N) is 1. The van der Waals surface area contributed by atoms with Gasteiger partial charge in [-0.1, -0.05) is 12.1 Å². The van der Waals surface area contributed by atoms with E-state index in [4.69, 9.17) is 9.68 Å². The van der Waals surface area contributed by atoms with Crippen molar-refractivity contribution in [2.24, 2.45) is 0 Å². The van der Waals surface area contributed by atoms with Crippen LogP contribution in [0.5, 0.6) is 0 Å². The average Bonchev–Trinajstić information content (AvgIpc) is 2.93. The molecular formula is C16H16N2O. The van der Waals surface area contributed by atoms with E-state index < -0.39 is 0 Å². The lowest BCUT2D eigenvalue weighted by molar-refractivity contribution is 0.506. The zero-order chi connectivity index (χ0) is 13.1. The van der Waals surface area contributed by atoms with Gasteiger partial charge in [0, 0.05) is 5.69 Å². The summed E-state index contributed by atoms with van der Waals surface area (Å²) in [5.41, 5.74) is 4.11. The molecule has 0 bridgehead atoms. The Bertz CT molecular complexity index is 622. The van der Waals surface area contributed by atoms with Gasteiger partial charge in [-0.15, -0.1) is 0 Å². The van der Waals surface area contributed by atoms with Crippen molar-refractivity contribution >= 4 is 5.69 Å².